The number of amides is 1. The van der Waals surface area contributed by atoms with Crippen molar-refractivity contribution in [3.63, 3.8) is 0 Å². The molecule has 24 heavy (non-hydrogen) atoms. The summed E-state index contributed by atoms with van der Waals surface area (Å²) in [5.41, 5.74) is 0. The van der Waals surface area contributed by atoms with Gasteiger partial charge in [-0.1, -0.05) is 6.42 Å². The van der Waals surface area contributed by atoms with Gasteiger partial charge < -0.3 is 10.4 Å². The minimum atomic E-state index is -0.737. The fourth-order valence-electron chi connectivity index (χ4n) is 5.30. The van der Waals surface area contributed by atoms with Crippen LogP contribution < -0.4 is 5.32 Å². The lowest BCUT2D eigenvalue weighted by Gasteiger charge is -2.43. The Labute approximate surface area is 144 Å². The zero-order valence-corrected chi connectivity index (χ0v) is 14.5. The summed E-state index contributed by atoms with van der Waals surface area (Å²) in [6.07, 6.45) is 10.4. The molecule has 3 atom stereocenters. The predicted molar refractivity (Wildman–Crippen MR) is 90.4 cm³/mol. The molecule has 0 aromatic heterocycles. The molecule has 0 radical (unpaired) electrons. The van der Waals surface area contributed by atoms with E-state index in [0.717, 1.165) is 31.2 Å². The maximum Gasteiger partial charge on any atom is 0.317 e. The Morgan fingerprint density at radius 3 is 2.42 bits per heavy atom. The molecule has 0 spiro atoms. The van der Waals surface area contributed by atoms with Crippen LogP contribution in [0.3, 0.4) is 0 Å². The third-order valence-electron chi connectivity index (χ3n) is 6.85. The first-order chi connectivity index (χ1) is 11.6. The van der Waals surface area contributed by atoms with E-state index in [4.69, 9.17) is 5.11 Å². The molecular formula is C19H30N2O3. The quantitative estimate of drug-likeness (QED) is 0.714. The summed E-state index contributed by atoms with van der Waals surface area (Å²) in [7, 11) is 0. The van der Waals surface area contributed by atoms with Crippen LogP contribution in [0.2, 0.25) is 0 Å². The molecule has 0 aliphatic heterocycles. The number of nitrogens with one attached hydrogen (secondary N) is 1. The molecule has 4 saturated carbocycles. The first-order valence-electron chi connectivity index (χ1n) is 9.82. The van der Waals surface area contributed by atoms with E-state index >= 15 is 0 Å². The van der Waals surface area contributed by atoms with Crippen molar-refractivity contribution in [3.8, 4) is 0 Å². The summed E-state index contributed by atoms with van der Waals surface area (Å²) < 4.78 is 0. The van der Waals surface area contributed by atoms with E-state index < -0.39 is 5.97 Å². The summed E-state index contributed by atoms with van der Waals surface area (Å²) in [4.78, 5) is 25.5. The van der Waals surface area contributed by atoms with Crippen LogP contribution in [0.25, 0.3) is 0 Å². The predicted octanol–water partition coefficient (Wildman–Crippen LogP) is 2.26. The molecule has 0 heterocycles. The Bertz CT molecular complexity index is 499. The number of hydrogen-bond donors (Lipinski definition) is 2. The summed E-state index contributed by atoms with van der Waals surface area (Å²) in [6, 6.07) is 0.603. The molecule has 0 aromatic carbocycles. The first-order valence-corrected chi connectivity index (χ1v) is 9.82. The van der Waals surface area contributed by atoms with Crippen molar-refractivity contribution in [2.45, 2.75) is 69.9 Å². The Hall–Kier alpha value is -1.10. The van der Waals surface area contributed by atoms with E-state index in [1.807, 2.05) is 0 Å². The van der Waals surface area contributed by atoms with Gasteiger partial charge in [0.2, 0.25) is 5.91 Å². The molecule has 4 aliphatic carbocycles. The Morgan fingerprint density at radius 1 is 1.04 bits per heavy atom. The average molecular weight is 334 g/mol. The van der Waals surface area contributed by atoms with Crippen LogP contribution in [0.4, 0.5) is 0 Å². The lowest BCUT2D eigenvalue weighted by Crippen LogP contribution is -2.55. The van der Waals surface area contributed by atoms with E-state index in [2.05, 4.69) is 10.2 Å². The van der Waals surface area contributed by atoms with Crippen molar-refractivity contribution in [3.05, 3.63) is 0 Å². The number of carboxylic acids is 1. The smallest absolute Gasteiger partial charge is 0.317 e. The van der Waals surface area contributed by atoms with Gasteiger partial charge in [0.05, 0.1) is 6.54 Å². The summed E-state index contributed by atoms with van der Waals surface area (Å²) in [6.45, 7) is 1.07. The fraction of sp³-hybridized carbons (Fsp3) is 0.895. The molecule has 2 N–H and O–H groups in total. The standard InChI is InChI=1S/C19H30N2O3/c22-18(7-15-6-13-3-4-14(15)5-13)20-16-8-17(9-16)21(11-19(23)24)10-12-1-2-12/h12-17H,1-11H2,(H,20,22)(H,23,24). The number of nitrogens with zero attached hydrogens (tertiary/aromatic N) is 1. The zero-order chi connectivity index (χ0) is 16.7. The van der Waals surface area contributed by atoms with Crippen LogP contribution in [0.1, 0.15) is 57.8 Å². The normalized spacial score (nSPS) is 37.5. The molecule has 0 aromatic rings. The second-order valence-corrected chi connectivity index (χ2v) is 8.80. The molecule has 5 heteroatoms. The lowest BCUT2D eigenvalue weighted by atomic mass is 9.83. The molecule has 4 rings (SSSR count). The zero-order valence-electron chi connectivity index (χ0n) is 14.5. The number of carbonyl (C=O) groups excluding carboxylic acids is 1. The number of rotatable bonds is 8. The van der Waals surface area contributed by atoms with E-state index in [0.29, 0.717) is 24.3 Å². The first kappa shape index (κ1) is 16.4. The largest absolute Gasteiger partial charge is 0.480 e. The van der Waals surface area contributed by atoms with E-state index in [1.54, 1.807) is 0 Å². The van der Waals surface area contributed by atoms with Gasteiger partial charge in [-0.2, -0.15) is 0 Å². The Kier molecular flexibility index (Phi) is 4.54. The second-order valence-electron chi connectivity index (χ2n) is 8.80. The van der Waals surface area contributed by atoms with Crippen LogP contribution in [0.5, 0.6) is 0 Å². The summed E-state index contributed by atoms with van der Waals surface area (Å²) >= 11 is 0. The average Bonchev–Trinajstić information content (AvgIpc) is 3.04. The Balaban J connectivity index is 1.19. The Morgan fingerprint density at radius 2 is 1.83 bits per heavy atom. The molecule has 134 valence electrons. The maximum atomic E-state index is 12.3. The molecule has 4 aliphatic rings. The van der Waals surface area contributed by atoms with Crippen LogP contribution >= 0.6 is 0 Å². The van der Waals surface area contributed by atoms with Crippen LogP contribution in [-0.4, -0.2) is 47.1 Å². The summed E-state index contributed by atoms with van der Waals surface area (Å²) in [5.74, 6) is 2.52. The summed E-state index contributed by atoms with van der Waals surface area (Å²) in [5, 5.41) is 12.3. The maximum absolute atomic E-state index is 12.3. The van der Waals surface area contributed by atoms with E-state index in [-0.39, 0.29) is 18.5 Å². The van der Waals surface area contributed by atoms with E-state index in [1.165, 1.54) is 38.5 Å². The van der Waals surface area contributed by atoms with Gasteiger partial charge in [0.25, 0.3) is 0 Å². The monoisotopic (exact) mass is 334 g/mol. The van der Waals surface area contributed by atoms with Gasteiger partial charge >= 0.3 is 5.97 Å². The second kappa shape index (κ2) is 6.66. The highest BCUT2D eigenvalue weighted by Crippen LogP contribution is 2.49. The van der Waals surface area contributed by atoms with Crippen LogP contribution in [0, 0.1) is 23.7 Å². The van der Waals surface area contributed by atoms with Crippen molar-refractivity contribution < 1.29 is 14.7 Å². The molecule has 3 unspecified atom stereocenters. The van der Waals surface area contributed by atoms with Crippen molar-refractivity contribution in [2.24, 2.45) is 23.7 Å². The molecule has 1 amide bonds. The topological polar surface area (TPSA) is 69.6 Å². The van der Waals surface area contributed by atoms with Crippen molar-refractivity contribution in [1.82, 2.24) is 10.2 Å². The van der Waals surface area contributed by atoms with Crippen molar-refractivity contribution >= 4 is 11.9 Å². The third-order valence-corrected chi connectivity index (χ3v) is 6.85. The highest BCUT2D eigenvalue weighted by molar-refractivity contribution is 5.76. The molecule has 0 saturated heterocycles. The number of fused-ring (bicyclic) bond motifs is 2. The molecule has 4 fully saturated rings. The number of aliphatic carboxylic acids is 1. The third kappa shape index (κ3) is 3.76. The number of carbonyl (C=O) groups is 2. The van der Waals surface area contributed by atoms with Gasteiger partial charge in [-0.05, 0) is 68.6 Å². The van der Waals surface area contributed by atoms with Gasteiger partial charge in [-0.25, -0.2) is 0 Å². The highest BCUT2D eigenvalue weighted by Gasteiger charge is 2.41. The minimum absolute atomic E-state index is 0.146. The van der Waals surface area contributed by atoms with Gasteiger partial charge in [-0.15, -0.1) is 0 Å². The van der Waals surface area contributed by atoms with Gasteiger partial charge in [-0.3, -0.25) is 14.5 Å². The highest BCUT2D eigenvalue weighted by atomic mass is 16.4. The van der Waals surface area contributed by atoms with E-state index in [9.17, 15) is 9.59 Å². The van der Waals surface area contributed by atoms with Gasteiger partial charge in [0.1, 0.15) is 0 Å². The van der Waals surface area contributed by atoms with Crippen LogP contribution in [0.15, 0.2) is 0 Å². The molecule has 2 bridgehead atoms. The van der Waals surface area contributed by atoms with Crippen LogP contribution in [-0.2, 0) is 9.59 Å². The molecular weight excluding hydrogens is 304 g/mol. The molecule has 5 nitrogen and oxygen atoms in total. The van der Waals surface area contributed by atoms with Gasteiger partial charge in [0.15, 0.2) is 0 Å². The minimum Gasteiger partial charge on any atom is -0.480 e. The number of carboxylic acid groups (broad SMARTS) is 1. The van der Waals surface area contributed by atoms with Crippen molar-refractivity contribution in [1.29, 1.82) is 0 Å². The van der Waals surface area contributed by atoms with Gasteiger partial charge in [0, 0.05) is 25.0 Å². The fourth-order valence-corrected chi connectivity index (χ4v) is 5.30. The van der Waals surface area contributed by atoms with Crippen molar-refractivity contribution in [2.75, 3.05) is 13.1 Å². The lowest BCUT2D eigenvalue weighted by molar-refractivity contribution is -0.140. The SMILES string of the molecule is O=C(O)CN(CC1CC1)C1CC(NC(=O)CC2CC3CCC2C3)C1. The number of hydrogen-bond acceptors (Lipinski definition) is 3.